The maximum Gasteiger partial charge on any atom is 0.419 e. The second-order valence-corrected chi connectivity index (χ2v) is 7.81. The fraction of sp³-hybridized carbons (Fsp3) is 0.409. The van der Waals surface area contributed by atoms with Crippen LogP contribution in [0.2, 0.25) is 0 Å². The number of aryl methyl sites for hydroxylation is 1. The molecule has 0 unspecified atom stereocenters. The van der Waals surface area contributed by atoms with Crippen LogP contribution in [0, 0.1) is 12.7 Å². The van der Waals surface area contributed by atoms with Gasteiger partial charge in [-0.05, 0) is 62.7 Å². The largest absolute Gasteiger partial charge is 0.419 e. The van der Waals surface area contributed by atoms with Gasteiger partial charge in [0.2, 0.25) is 0 Å². The van der Waals surface area contributed by atoms with Crippen molar-refractivity contribution in [2.75, 3.05) is 23.8 Å². The molecule has 1 aliphatic rings. The lowest BCUT2D eigenvalue weighted by Gasteiger charge is -2.22. The van der Waals surface area contributed by atoms with Crippen LogP contribution in [0.4, 0.5) is 28.9 Å². The number of alkyl halides is 3. The molecule has 168 valence electrons. The summed E-state index contributed by atoms with van der Waals surface area (Å²) in [6.45, 7) is 3.26. The van der Waals surface area contributed by atoms with Crippen molar-refractivity contribution in [3.8, 4) is 0 Å². The average Bonchev–Trinajstić information content (AvgIpc) is 2.98. The number of anilines is 2. The van der Waals surface area contributed by atoms with E-state index >= 15 is 0 Å². The predicted molar refractivity (Wildman–Crippen MR) is 112 cm³/mol. The number of halogens is 4. The van der Waals surface area contributed by atoms with E-state index in [0.29, 0.717) is 24.8 Å². The summed E-state index contributed by atoms with van der Waals surface area (Å²) in [6.07, 6.45) is -0.915. The summed E-state index contributed by atoms with van der Waals surface area (Å²) in [5, 5.41) is 2.47. The summed E-state index contributed by atoms with van der Waals surface area (Å²) >= 11 is 0. The number of hydrogen-bond acceptors (Lipinski definition) is 4. The fourth-order valence-corrected chi connectivity index (χ4v) is 3.74. The number of benzene rings is 2. The number of nitrogen functional groups attached to an aromatic ring is 1. The highest BCUT2D eigenvalue weighted by atomic mass is 19.4. The van der Waals surface area contributed by atoms with Crippen molar-refractivity contribution in [3.05, 3.63) is 58.4 Å². The van der Waals surface area contributed by atoms with Crippen LogP contribution in [-0.4, -0.2) is 23.9 Å². The molecule has 0 aromatic heterocycles. The number of carbonyl (C=O) groups excluding carboxylic acids is 1. The Labute approximate surface area is 178 Å². The van der Waals surface area contributed by atoms with E-state index in [1.165, 1.54) is 18.2 Å². The Balaban J connectivity index is 1.91. The molecule has 0 aliphatic carbocycles. The molecular formula is C22H26F4N4O. The zero-order valence-corrected chi connectivity index (χ0v) is 17.3. The summed E-state index contributed by atoms with van der Waals surface area (Å²) < 4.78 is 55.1. The molecular weight excluding hydrogens is 412 g/mol. The molecule has 1 fully saturated rings. The number of nitrogens with one attached hydrogen (secondary N) is 2. The van der Waals surface area contributed by atoms with Crippen LogP contribution >= 0.6 is 0 Å². The highest BCUT2D eigenvalue weighted by Crippen LogP contribution is 2.35. The maximum absolute atomic E-state index is 14.7. The van der Waals surface area contributed by atoms with E-state index in [9.17, 15) is 22.4 Å². The molecule has 2 aromatic rings. The molecule has 0 spiro atoms. The molecule has 0 bridgehead atoms. The van der Waals surface area contributed by atoms with Crippen LogP contribution in [0.5, 0.6) is 0 Å². The maximum atomic E-state index is 14.7. The first-order valence-electron chi connectivity index (χ1n) is 10.2. The number of amides is 1. The third kappa shape index (κ3) is 5.74. The Bertz CT molecular complexity index is 938. The van der Waals surface area contributed by atoms with Gasteiger partial charge in [-0.25, -0.2) is 4.39 Å². The fourth-order valence-electron chi connectivity index (χ4n) is 3.74. The third-order valence-corrected chi connectivity index (χ3v) is 5.46. The van der Waals surface area contributed by atoms with E-state index in [4.69, 9.17) is 5.84 Å². The quantitative estimate of drug-likeness (QED) is 0.346. The van der Waals surface area contributed by atoms with Crippen molar-refractivity contribution >= 4 is 17.3 Å². The number of likely N-dealkylation sites (tertiary alicyclic amines) is 1. The number of carbonyl (C=O) groups is 1. The lowest BCUT2D eigenvalue weighted by atomic mass is 10.1. The van der Waals surface area contributed by atoms with Gasteiger partial charge in [0.25, 0.3) is 5.91 Å². The molecule has 4 N–H and O–H groups in total. The molecule has 5 nitrogen and oxygen atoms in total. The number of rotatable bonds is 5. The molecule has 0 radical (unpaired) electrons. The average molecular weight is 438 g/mol. The van der Waals surface area contributed by atoms with Crippen LogP contribution < -0.4 is 16.6 Å². The van der Waals surface area contributed by atoms with Gasteiger partial charge in [0.1, 0.15) is 5.82 Å². The predicted octanol–water partition coefficient (Wildman–Crippen LogP) is 5.07. The number of hydrazine groups is 1. The zero-order valence-electron chi connectivity index (χ0n) is 17.3. The van der Waals surface area contributed by atoms with E-state index in [1.54, 1.807) is 13.0 Å². The second kappa shape index (κ2) is 9.65. The van der Waals surface area contributed by atoms with Crippen LogP contribution in [-0.2, 0) is 12.7 Å². The summed E-state index contributed by atoms with van der Waals surface area (Å²) in [5.74, 6) is 3.52. The summed E-state index contributed by atoms with van der Waals surface area (Å²) in [4.78, 5) is 14.6. The van der Waals surface area contributed by atoms with Crippen molar-refractivity contribution in [2.45, 2.75) is 45.3 Å². The monoisotopic (exact) mass is 438 g/mol. The Kier molecular flexibility index (Phi) is 7.17. The molecule has 2 aromatic carbocycles. The number of nitrogens with two attached hydrogens (primary N) is 1. The van der Waals surface area contributed by atoms with Gasteiger partial charge in [-0.2, -0.15) is 13.2 Å². The molecule has 31 heavy (non-hydrogen) atoms. The van der Waals surface area contributed by atoms with E-state index in [2.05, 4.69) is 10.7 Å². The van der Waals surface area contributed by atoms with Gasteiger partial charge in [-0.15, -0.1) is 0 Å². The Hall–Kier alpha value is -2.65. The van der Waals surface area contributed by atoms with Gasteiger partial charge in [0, 0.05) is 23.4 Å². The SMILES string of the molecule is Cc1ccc(C(=O)Nc2cc(CN3CCCCCC3)c(F)c(C(F)(F)F)c2)cc1NN. The lowest BCUT2D eigenvalue weighted by Crippen LogP contribution is -2.25. The Morgan fingerprint density at radius 1 is 1.10 bits per heavy atom. The van der Waals surface area contributed by atoms with Crippen molar-refractivity contribution in [3.63, 3.8) is 0 Å². The standard InChI is InChI=1S/C22H26F4N4O/c1-14-6-7-15(11-19(14)29-27)21(31)28-17-10-16(13-30-8-4-2-3-5-9-30)20(23)18(12-17)22(24,25)26/h6-7,10-12,29H,2-5,8-9,13,27H2,1H3,(H,28,31). The zero-order chi connectivity index (χ0) is 22.6. The van der Waals surface area contributed by atoms with E-state index in [0.717, 1.165) is 31.2 Å². The van der Waals surface area contributed by atoms with Crippen molar-refractivity contribution in [1.82, 2.24) is 4.90 Å². The van der Waals surface area contributed by atoms with Gasteiger partial charge >= 0.3 is 6.18 Å². The highest BCUT2D eigenvalue weighted by molar-refractivity contribution is 6.05. The number of hydrogen-bond donors (Lipinski definition) is 3. The van der Waals surface area contributed by atoms with Crippen LogP contribution in [0.25, 0.3) is 0 Å². The molecule has 9 heteroatoms. The number of nitrogens with zero attached hydrogens (tertiary/aromatic N) is 1. The summed E-state index contributed by atoms with van der Waals surface area (Å²) in [6, 6.07) is 6.62. The van der Waals surface area contributed by atoms with Gasteiger partial charge in [0.05, 0.1) is 11.3 Å². The van der Waals surface area contributed by atoms with Gasteiger partial charge in [-0.1, -0.05) is 18.9 Å². The van der Waals surface area contributed by atoms with Crippen molar-refractivity contribution < 1.29 is 22.4 Å². The minimum atomic E-state index is -4.88. The van der Waals surface area contributed by atoms with E-state index < -0.39 is 23.5 Å². The second-order valence-electron chi connectivity index (χ2n) is 7.81. The summed E-state index contributed by atoms with van der Waals surface area (Å²) in [5.41, 5.74) is 2.43. The lowest BCUT2D eigenvalue weighted by molar-refractivity contribution is -0.140. The van der Waals surface area contributed by atoms with Crippen LogP contribution in [0.3, 0.4) is 0 Å². The topological polar surface area (TPSA) is 70.4 Å². The van der Waals surface area contributed by atoms with Crippen molar-refractivity contribution in [1.29, 1.82) is 0 Å². The molecule has 0 atom stereocenters. The minimum Gasteiger partial charge on any atom is -0.324 e. The first kappa shape index (κ1) is 23.0. The molecule has 0 saturated carbocycles. The third-order valence-electron chi connectivity index (χ3n) is 5.46. The van der Waals surface area contributed by atoms with E-state index in [-0.39, 0.29) is 23.4 Å². The highest BCUT2D eigenvalue weighted by Gasteiger charge is 2.36. The van der Waals surface area contributed by atoms with Crippen LogP contribution in [0.15, 0.2) is 30.3 Å². The van der Waals surface area contributed by atoms with Crippen molar-refractivity contribution in [2.24, 2.45) is 5.84 Å². The molecule has 1 saturated heterocycles. The van der Waals surface area contributed by atoms with Gasteiger partial charge in [0.15, 0.2) is 0 Å². The normalized spacial score (nSPS) is 15.4. The molecule has 3 rings (SSSR count). The molecule has 1 heterocycles. The van der Waals surface area contributed by atoms with E-state index in [1.807, 2.05) is 4.90 Å². The molecule has 1 aliphatic heterocycles. The Morgan fingerprint density at radius 3 is 2.39 bits per heavy atom. The Morgan fingerprint density at radius 2 is 1.77 bits per heavy atom. The molecule has 1 amide bonds. The van der Waals surface area contributed by atoms with Gasteiger partial charge in [-0.3, -0.25) is 15.5 Å². The first-order valence-corrected chi connectivity index (χ1v) is 10.2. The minimum absolute atomic E-state index is 0.0599. The van der Waals surface area contributed by atoms with Gasteiger partial charge < -0.3 is 10.7 Å². The van der Waals surface area contributed by atoms with Crippen LogP contribution in [0.1, 0.15) is 52.7 Å². The first-order chi connectivity index (χ1) is 14.7. The summed E-state index contributed by atoms with van der Waals surface area (Å²) in [7, 11) is 0. The smallest absolute Gasteiger partial charge is 0.324 e.